The van der Waals surface area contributed by atoms with Crippen molar-refractivity contribution in [3.63, 3.8) is 0 Å². The van der Waals surface area contributed by atoms with Gasteiger partial charge in [0.15, 0.2) is 0 Å². The third-order valence-corrected chi connectivity index (χ3v) is 2.92. The van der Waals surface area contributed by atoms with Crippen molar-refractivity contribution in [2.24, 2.45) is 0 Å². The van der Waals surface area contributed by atoms with Crippen LogP contribution in [-0.4, -0.2) is 37.9 Å². The smallest absolute Gasteiger partial charge is 0.312 e. The lowest BCUT2D eigenvalue weighted by molar-refractivity contribution is -0.138. The maximum absolute atomic E-state index is 11.1. The molecule has 1 unspecified atom stereocenters. The molecule has 0 saturated heterocycles. The summed E-state index contributed by atoms with van der Waals surface area (Å²) in [6, 6.07) is 7.67. The van der Waals surface area contributed by atoms with E-state index in [0.29, 0.717) is 13.2 Å². The van der Waals surface area contributed by atoms with Crippen molar-refractivity contribution in [2.75, 3.05) is 31.7 Å². The molecule has 1 aliphatic heterocycles. The molecular weight excluding hydrogens is 206 g/mol. The van der Waals surface area contributed by atoms with Crippen molar-refractivity contribution >= 4 is 11.7 Å². The molecule has 1 aromatic rings. The Hall–Kier alpha value is -1.55. The zero-order valence-corrected chi connectivity index (χ0v) is 9.22. The molecule has 0 saturated carbocycles. The van der Waals surface area contributed by atoms with Gasteiger partial charge >= 0.3 is 5.97 Å². The molecule has 1 N–H and O–H groups in total. The molecule has 16 heavy (non-hydrogen) atoms. The molecular formula is C12H15NO3. The van der Waals surface area contributed by atoms with Crippen molar-refractivity contribution < 1.29 is 14.6 Å². The third kappa shape index (κ3) is 1.88. The van der Waals surface area contributed by atoms with Crippen LogP contribution in [0.2, 0.25) is 0 Å². The molecule has 1 aliphatic rings. The summed E-state index contributed by atoms with van der Waals surface area (Å²) in [7, 11) is 1.65. The second kappa shape index (κ2) is 4.53. The predicted octanol–water partition coefficient (Wildman–Crippen LogP) is 1.32. The minimum absolute atomic E-state index is 0.409. The van der Waals surface area contributed by atoms with Gasteiger partial charge in [0.25, 0.3) is 0 Å². The second-order valence-electron chi connectivity index (χ2n) is 3.89. The monoisotopic (exact) mass is 221 g/mol. The number of hydrogen-bond donors (Lipinski definition) is 1. The lowest BCUT2D eigenvalue weighted by Crippen LogP contribution is -2.27. The number of aliphatic carboxylic acids is 1. The molecule has 0 amide bonds. The third-order valence-electron chi connectivity index (χ3n) is 2.92. The Bertz CT molecular complexity index is 392. The minimum atomic E-state index is -0.757. The number of carboxylic acids is 1. The molecule has 86 valence electrons. The van der Waals surface area contributed by atoms with Gasteiger partial charge in [-0.25, -0.2) is 0 Å². The van der Waals surface area contributed by atoms with Crippen molar-refractivity contribution in [1.29, 1.82) is 0 Å². The highest BCUT2D eigenvalue weighted by molar-refractivity contribution is 5.82. The highest BCUT2D eigenvalue weighted by Gasteiger charge is 2.32. The average Bonchev–Trinajstić information content (AvgIpc) is 2.65. The summed E-state index contributed by atoms with van der Waals surface area (Å²) in [5.41, 5.74) is 1.93. The number of para-hydroxylation sites is 1. The zero-order valence-electron chi connectivity index (χ0n) is 9.22. The molecule has 1 heterocycles. The summed E-state index contributed by atoms with van der Waals surface area (Å²) in [4.78, 5) is 13.2. The Labute approximate surface area is 94.4 Å². The van der Waals surface area contributed by atoms with E-state index in [1.807, 2.05) is 24.3 Å². The summed E-state index contributed by atoms with van der Waals surface area (Å²) in [5, 5.41) is 9.15. The van der Waals surface area contributed by atoms with Crippen LogP contribution in [0.1, 0.15) is 11.5 Å². The Kier molecular flexibility index (Phi) is 3.10. The van der Waals surface area contributed by atoms with Crippen LogP contribution in [0.5, 0.6) is 0 Å². The highest BCUT2D eigenvalue weighted by Crippen LogP contribution is 2.35. The maximum Gasteiger partial charge on any atom is 0.312 e. The van der Waals surface area contributed by atoms with Gasteiger partial charge in [-0.3, -0.25) is 4.79 Å². The van der Waals surface area contributed by atoms with Gasteiger partial charge in [-0.2, -0.15) is 0 Å². The number of carbonyl (C=O) groups is 1. The molecule has 4 nitrogen and oxygen atoms in total. The Balaban J connectivity index is 2.24. The zero-order chi connectivity index (χ0) is 11.5. The summed E-state index contributed by atoms with van der Waals surface area (Å²) in [6.45, 7) is 1.88. The first-order valence-electron chi connectivity index (χ1n) is 5.29. The number of nitrogens with zero attached hydrogens (tertiary/aromatic N) is 1. The lowest BCUT2D eigenvalue weighted by atomic mass is 10.0. The van der Waals surface area contributed by atoms with Crippen LogP contribution in [0.15, 0.2) is 24.3 Å². The Morgan fingerprint density at radius 3 is 3.00 bits per heavy atom. The number of methoxy groups -OCH3 is 1. The molecule has 0 aromatic heterocycles. The van der Waals surface area contributed by atoms with E-state index in [0.717, 1.165) is 17.8 Å². The number of fused-ring (bicyclic) bond motifs is 1. The first kappa shape index (κ1) is 11.0. The number of benzene rings is 1. The maximum atomic E-state index is 11.1. The van der Waals surface area contributed by atoms with Crippen molar-refractivity contribution in [1.82, 2.24) is 0 Å². The summed E-state index contributed by atoms with van der Waals surface area (Å²) in [6.07, 6.45) is 0. The molecule has 0 aliphatic carbocycles. The van der Waals surface area contributed by atoms with Crippen LogP contribution >= 0.6 is 0 Å². The van der Waals surface area contributed by atoms with Crippen LogP contribution < -0.4 is 4.90 Å². The van der Waals surface area contributed by atoms with Gasteiger partial charge < -0.3 is 14.7 Å². The van der Waals surface area contributed by atoms with Gasteiger partial charge in [0.05, 0.1) is 6.61 Å². The highest BCUT2D eigenvalue weighted by atomic mass is 16.5. The van der Waals surface area contributed by atoms with Gasteiger partial charge in [-0.05, 0) is 11.6 Å². The number of ether oxygens (including phenoxy) is 1. The number of carboxylic acid groups (broad SMARTS) is 1. The van der Waals surface area contributed by atoms with E-state index in [2.05, 4.69) is 4.90 Å². The number of rotatable bonds is 4. The summed E-state index contributed by atoms with van der Waals surface area (Å²) < 4.78 is 5.03. The fraction of sp³-hybridized carbons (Fsp3) is 0.417. The van der Waals surface area contributed by atoms with E-state index in [-0.39, 0.29) is 0 Å². The largest absolute Gasteiger partial charge is 0.481 e. The SMILES string of the molecule is COCCN1CC(C(=O)O)c2ccccc21. The van der Waals surface area contributed by atoms with Crippen LogP contribution in [0.25, 0.3) is 0 Å². The second-order valence-corrected chi connectivity index (χ2v) is 3.89. The van der Waals surface area contributed by atoms with E-state index in [9.17, 15) is 4.79 Å². The minimum Gasteiger partial charge on any atom is -0.481 e. The van der Waals surface area contributed by atoms with E-state index in [4.69, 9.17) is 9.84 Å². The fourth-order valence-corrected chi connectivity index (χ4v) is 2.11. The normalized spacial score (nSPS) is 18.6. The predicted molar refractivity (Wildman–Crippen MR) is 60.9 cm³/mol. The van der Waals surface area contributed by atoms with E-state index < -0.39 is 11.9 Å². The van der Waals surface area contributed by atoms with E-state index >= 15 is 0 Å². The molecule has 0 radical (unpaired) electrons. The summed E-state index contributed by atoms with van der Waals surface area (Å²) >= 11 is 0. The average molecular weight is 221 g/mol. The lowest BCUT2D eigenvalue weighted by Gasteiger charge is -2.18. The van der Waals surface area contributed by atoms with Crippen molar-refractivity contribution in [3.05, 3.63) is 29.8 Å². The number of hydrogen-bond acceptors (Lipinski definition) is 3. The van der Waals surface area contributed by atoms with E-state index in [1.165, 1.54) is 0 Å². The topological polar surface area (TPSA) is 49.8 Å². The van der Waals surface area contributed by atoms with Crippen LogP contribution in [-0.2, 0) is 9.53 Å². The molecule has 0 fully saturated rings. The quantitative estimate of drug-likeness (QED) is 0.833. The van der Waals surface area contributed by atoms with Crippen molar-refractivity contribution in [3.8, 4) is 0 Å². The molecule has 2 rings (SSSR count). The molecule has 1 aromatic carbocycles. The standard InChI is InChI=1S/C12H15NO3/c1-16-7-6-13-8-10(12(14)15)9-4-2-3-5-11(9)13/h2-5,10H,6-8H2,1H3,(H,14,15). The van der Waals surface area contributed by atoms with Crippen LogP contribution in [0.4, 0.5) is 5.69 Å². The summed E-state index contributed by atoms with van der Waals surface area (Å²) in [5.74, 6) is -1.17. The number of anilines is 1. The fourth-order valence-electron chi connectivity index (χ4n) is 2.11. The van der Waals surface area contributed by atoms with Crippen LogP contribution in [0.3, 0.4) is 0 Å². The van der Waals surface area contributed by atoms with Gasteiger partial charge in [-0.15, -0.1) is 0 Å². The first-order valence-corrected chi connectivity index (χ1v) is 5.29. The first-order chi connectivity index (χ1) is 7.74. The van der Waals surface area contributed by atoms with Crippen molar-refractivity contribution in [2.45, 2.75) is 5.92 Å². The van der Waals surface area contributed by atoms with Gasteiger partial charge in [0.1, 0.15) is 5.92 Å². The molecule has 4 heteroatoms. The molecule has 0 bridgehead atoms. The Morgan fingerprint density at radius 1 is 1.56 bits per heavy atom. The van der Waals surface area contributed by atoms with Gasteiger partial charge in [0, 0.05) is 25.9 Å². The molecule has 1 atom stereocenters. The van der Waals surface area contributed by atoms with Crippen LogP contribution in [0, 0.1) is 0 Å². The van der Waals surface area contributed by atoms with Gasteiger partial charge in [-0.1, -0.05) is 18.2 Å². The molecule has 0 spiro atoms. The van der Waals surface area contributed by atoms with E-state index in [1.54, 1.807) is 7.11 Å². The van der Waals surface area contributed by atoms with Gasteiger partial charge in [0.2, 0.25) is 0 Å². The Morgan fingerprint density at radius 2 is 2.31 bits per heavy atom.